The lowest BCUT2D eigenvalue weighted by atomic mass is 9.77. The molecule has 1 amide bonds. The van der Waals surface area contributed by atoms with E-state index in [-0.39, 0.29) is 6.42 Å². The number of nitriles is 1. The number of rotatable bonds is 3. The maximum absolute atomic E-state index is 11.2. The Morgan fingerprint density at radius 1 is 1.56 bits per heavy atom. The van der Waals surface area contributed by atoms with E-state index >= 15 is 0 Å². The fourth-order valence-electron chi connectivity index (χ4n) is 1.33. The number of amides is 1. The van der Waals surface area contributed by atoms with Crippen molar-refractivity contribution in [1.29, 1.82) is 5.26 Å². The van der Waals surface area contributed by atoms with Gasteiger partial charge in [0.05, 0.1) is 6.07 Å². The minimum absolute atomic E-state index is 0.231. The Bertz CT molecular complexity index is 440. The Hall–Kier alpha value is -1.84. The summed E-state index contributed by atoms with van der Waals surface area (Å²) in [7, 11) is -1.58. The first-order valence-corrected chi connectivity index (χ1v) is 4.68. The molecule has 0 aromatic heterocycles. The number of hydrogen-bond donors (Lipinski definition) is 3. The third-order valence-electron chi connectivity index (χ3n) is 2.17. The van der Waals surface area contributed by atoms with Crippen molar-refractivity contribution in [2.24, 2.45) is 0 Å². The predicted molar refractivity (Wildman–Crippen MR) is 59.9 cm³/mol. The second kappa shape index (κ2) is 5.30. The molecule has 0 radical (unpaired) electrons. The van der Waals surface area contributed by atoms with Gasteiger partial charge in [-0.3, -0.25) is 4.79 Å². The highest BCUT2D eigenvalue weighted by atomic mass is 16.4. The van der Waals surface area contributed by atoms with Crippen LogP contribution in [-0.2, 0) is 4.79 Å². The molecule has 1 rings (SSSR count). The van der Waals surface area contributed by atoms with Crippen molar-refractivity contribution in [3.63, 3.8) is 0 Å². The second-order valence-corrected chi connectivity index (χ2v) is 3.28. The Morgan fingerprint density at radius 2 is 2.25 bits per heavy atom. The largest absolute Gasteiger partial charge is 0.488 e. The molecule has 6 heteroatoms. The third kappa shape index (κ3) is 2.83. The fourth-order valence-corrected chi connectivity index (χ4v) is 1.33. The smallest absolute Gasteiger partial charge is 0.423 e. The maximum atomic E-state index is 11.2. The zero-order chi connectivity index (χ0) is 12.1. The van der Waals surface area contributed by atoms with Gasteiger partial charge in [0, 0.05) is 5.69 Å². The third-order valence-corrected chi connectivity index (χ3v) is 2.17. The molecular formula is C10H11BN2O3. The molecule has 0 aliphatic heterocycles. The second-order valence-electron chi connectivity index (χ2n) is 3.28. The topological polar surface area (TPSA) is 93.4 Å². The molecule has 3 N–H and O–H groups in total. The van der Waals surface area contributed by atoms with Gasteiger partial charge in [0.25, 0.3) is 0 Å². The molecule has 0 atom stereocenters. The molecule has 0 aliphatic carbocycles. The molecule has 1 aromatic carbocycles. The Labute approximate surface area is 93.5 Å². The average molecular weight is 218 g/mol. The predicted octanol–water partition coefficient (Wildman–Crippen LogP) is -0.473. The molecule has 0 saturated heterocycles. The van der Waals surface area contributed by atoms with Crippen LogP contribution in [0, 0.1) is 18.3 Å². The van der Waals surface area contributed by atoms with Gasteiger partial charge in [0.2, 0.25) is 5.91 Å². The lowest BCUT2D eigenvalue weighted by Gasteiger charge is -2.10. The summed E-state index contributed by atoms with van der Waals surface area (Å²) < 4.78 is 0. The van der Waals surface area contributed by atoms with Crippen LogP contribution in [-0.4, -0.2) is 23.1 Å². The van der Waals surface area contributed by atoms with Crippen LogP contribution in [0.1, 0.15) is 12.0 Å². The molecule has 0 spiro atoms. The van der Waals surface area contributed by atoms with E-state index < -0.39 is 13.0 Å². The maximum Gasteiger partial charge on any atom is 0.488 e. The van der Waals surface area contributed by atoms with Crippen LogP contribution >= 0.6 is 0 Å². The highest BCUT2D eigenvalue weighted by Gasteiger charge is 2.16. The lowest BCUT2D eigenvalue weighted by Crippen LogP contribution is -2.32. The van der Waals surface area contributed by atoms with Crippen LogP contribution in [0.4, 0.5) is 5.69 Å². The van der Waals surface area contributed by atoms with E-state index in [4.69, 9.17) is 15.3 Å². The molecule has 16 heavy (non-hydrogen) atoms. The van der Waals surface area contributed by atoms with Gasteiger partial charge in [0.1, 0.15) is 6.42 Å². The Kier molecular flexibility index (Phi) is 4.06. The lowest BCUT2D eigenvalue weighted by molar-refractivity contribution is -0.115. The van der Waals surface area contributed by atoms with E-state index in [0.717, 1.165) is 0 Å². The molecule has 0 fully saturated rings. The van der Waals surface area contributed by atoms with E-state index in [9.17, 15) is 4.79 Å². The van der Waals surface area contributed by atoms with Gasteiger partial charge in [-0.05, 0) is 24.0 Å². The quantitative estimate of drug-likeness (QED) is 0.597. The van der Waals surface area contributed by atoms with Gasteiger partial charge in [-0.15, -0.1) is 0 Å². The zero-order valence-corrected chi connectivity index (χ0v) is 8.77. The van der Waals surface area contributed by atoms with Crippen LogP contribution in [0.5, 0.6) is 0 Å². The molecule has 0 unspecified atom stereocenters. The number of anilines is 1. The van der Waals surface area contributed by atoms with E-state index in [1.165, 1.54) is 0 Å². The van der Waals surface area contributed by atoms with Crippen LogP contribution < -0.4 is 10.8 Å². The summed E-state index contributed by atoms with van der Waals surface area (Å²) in [5, 5.41) is 29.0. The fraction of sp³-hybridized carbons (Fsp3) is 0.200. The van der Waals surface area contributed by atoms with Crippen molar-refractivity contribution in [3.05, 3.63) is 23.8 Å². The molecule has 82 valence electrons. The zero-order valence-electron chi connectivity index (χ0n) is 8.77. The van der Waals surface area contributed by atoms with Gasteiger partial charge < -0.3 is 15.4 Å². The van der Waals surface area contributed by atoms with Crippen molar-refractivity contribution >= 4 is 24.2 Å². The van der Waals surface area contributed by atoms with E-state index in [2.05, 4.69) is 5.32 Å². The Morgan fingerprint density at radius 3 is 2.81 bits per heavy atom. The average Bonchev–Trinajstić information content (AvgIpc) is 2.21. The summed E-state index contributed by atoms with van der Waals surface area (Å²) in [6.07, 6.45) is -0.231. The van der Waals surface area contributed by atoms with E-state index in [1.54, 1.807) is 31.2 Å². The summed E-state index contributed by atoms with van der Waals surface area (Å²) in [5.41, 5.74) is 1.38. The van der Waals surface area contributed by atoms with Crippen LogP contribution in [0.3, 0.4) is 0 Å². The van der Waals surface area contributed by atoms with Crippen LogP contribution in [0.25, 0.3) is 0 Å². The summed E-state index contributed by atoms with van der Waals surface area (Å²) in [6.45, 7) is 1.66. The van der Waals surface area contributed by atoms with Crippen LogP contribution in [0.15, 0.2) is 18.2 Å². The minimum Gasteiger partial charge on any atom is -0.423 e. The summed E-state index contributed by atoms with van der Waals surface area (Å²) in [5.74, 6) is -0.421. The normalized spacial score (nSPS) is 9.38. The molecule has 0 saturated carbocycles. The first-order valence-electron chi connectivity index (χ1n) is 4.68. The first kappa shape index (κ1) is 12.2. The summed E-state index contributed by atoms with van der Waals surface area (Å²) in [6, 6.07) is 6.53. The molecule has 0 heterocycles. The van der Waals surface area contributed by atoms with Gasteiger partial charge >= 0.3 is 7.12 Å². The molecule has 0 aliphatic rings. The number of nitrogens with one attached hydrogen (secondary N) is 1. The van der Waals surface area contributed by atoms with Gasteiger partial charge in [-0.1, -0.05) is 12.1 Å². The first-order chi connectivity index (χ1) is 7.56. The van der Waals surface area contributed by atoms with E-state index in [1.807, 2.05) is 0 Å². The van der Waals surface area contributed by atoms with Crippen molar-refractivity contribution in [3.8, 4) is 6.07 Å². The number of carbonyl (C=O) groups excluding carboxylic acids is 1. The van der Waals surface area contributed by atoms with Crippen molar-refractivity contribution in [2.75, 3.05) is 5.32 Å². The summed E-state index contributed by atoms with van der Waals surface area (Å²) in [4.78, 5) is 11.2. The van der Waals surface area contributed by atoms with Crippen molar-refractivity contribution in [2.45, 2.75) is 13.3 Å². The van der Waals surface area contributed by atoms with Gasteiger partial charge in [-0.2, -0.15) is 5.26 Å². The minimum atomic E-state index is -1.58. The number of nitrogens with zero attached hydrogens (tertiary/aromatic N) is 1. The van der Waals surface area contributed by atoms with Gasteiger partial charge in [-0.25, -0.2) is 0 Å². The number of carbonyl (C=O) groups is 1. The monoisotopic (exact) mass is 218 g/mol. The molecule has 5 nitrogen and oxygen atoms in total. The van der Waals surface area contributed by atoms with Crippen molar-refractivity contribution in [1.82, 2.24) is 0 Å². The SMILES string of the molecule is Cc1c(NC(=O)CC#N)cccc1B(O)O. The summed E-state index contributed by atoms with van der Waals surface area (Å²) >= 11 is 0. The van der Waals surface area contributed by atoms with Crippen LogP contribution in [0.2, 0.25) is 0 Å². The standard InChI is InChI=1S/C10H11BN2O3/c1-7-8(11(15)16)3-2-4-9(7)13-10(14)5-6-12/h2-4,15-16H,5H2,1H3,(H,13,14). The number of benzene rings is 1. The highest BCUT2D eigenvalue weighted by molar-refractivity contribution is 6.59. The molecular weight excluding hydrogens is 207 g/mol. The number of hydrogen-bond acceptors (Lipinski definition) is 4. The molecule has 0 bridgehead atoms. The highest BCUT2D eigenvalue weighted by Crippen LogP contribution is 2.12. The molecule has 1 aromatic rings. The van der Waals surface area contributed by atoms with Gasteiger partial charge in [0.15, 0.2) is 0 Å². The van der Waals surface area contributed by atoms with E-state index in [0.29, 0.717) is 16.7 Å². The Balaban J connectivity index is 2.94. The van der Waals surface area contributed by atoms with Crippen molar-refractivity contribution < 1.29 is 14.8 Å².